The van der Waals surface area contributed by atoms with Gasteiger partial charge in [0, 0.05) is 30.1 Å². The van der Waals surface area contributed by atoms with Crippen molar-refractivity contribution in [1.29, 1.82) is 0 Å². The molecule has 7 nitrogen and oxygen atoms in total. The zero-order valence-electron chi connectivity index (χ0n) is 21.4. The maximum Gasteiger partial charge on any atom is 0.229 e. The maximum absolute atomic E-state index is 12.7. The normalized spacial score (nSPS) is 17.5. The third-order valence-corrected chi connectivity index (χ3v) is 9.75. The van der Waals surface area contributed by atoms with E-state index >= 15 is 0 Å². The van der Waals surface area contributed by atoms with Crippen molar-refractivity contribution in [3.05, 3.63) is 58.7 Å². The lowest BCUT2D eigenvalue weighted by molar-refractivity contribution is 0.0567. The van der Waals surface area contributed by atoms with Crippen molar-refractivity contribution in [3.63, 3.8) is 0 Å². The van der Waals surface area contributed by atoms with Gasteiger partial charge in [0.05, 0.1) is 22.6 Å². The van der Waals surface area contributed by atoms with Gasteiger partial charge >= 0.3 is 0 Å². The molecule has 0 atom stereocenters. The molecule has 2 heterocycles. The summed E-state index contributed by atoms with van der Waals surface area (Å²) in [6.45, 7) is 5.54. The van der Waals surface area contributed by atoms with Crippen LogP contribution in [-0.2, 0) is 4.57 Å². The summed E-state index contributed by atoms with van der Waals surface area (Å²) < 4.78 is 12.7. The van der Waals surface area contributed by atoms with Gasteiger partial charge < -0.3 is 25.4 Å². The molecule has 0 unspecified atom stereocenters. The molecular formula is C27H33Cl2N6OP. The van der Waals surface area contributed by atoms with Gasteiger partial charge in [-0.05, 0) is 81.8 Å². The molecule has 2 fully saturated rings. The van der Waals surface area contributed by atoms with Gasteiger partial charge in [-0.25, -0.2) is 4.98 Å². The highest BCUT2D eigenvalue weighted by atomic mass is 35.5. The molecule has 1 saturated carbocycles. The van der Waals surface area contributed by atoms with Crippen molar-refractivity contribution in [2.24, 2.45) is 5.41 Å². The summed E-state index contributed by atoms with van der Waals surface area (Å²) in [7, 11) is -0.433. The monoisotopic (exact) mass is 558 g/mol. The first-order valence-electron chi connectivity index (χ1n) is 12.6. The molecule has 0 amide bonds. The molecule has 1 saturated heterocycles. The number of nitrogens with one attached hydrogen (secondary N) is 3. The van der Waals surface area contributed by atoms with Crippen LogP contribution in [0.5, 0.6) is 0 Å². The Labute approximate surface area is 228 Å². The van der Waals surface area contributed by atoms with Crippen LogP contribution in [0.2, 0.25) is 10.0 Å². The summed E-state index contributed by atoms with van der Waals surface area (Å²) in [4.78, 5) is 11.3. The molecule has 196 valence electrons. The zero-order chi connectivity index (χ0) is 26.2. The van der Waals surface area contributed by atoms with E-state index in [4.69, 9.17) is 23.2 Å². The van der Waals surface area contributed by atoms with Crippen LogP contribution in [0.1, 0.15) is 25.7 Å². The topological polar surface area (TPSA) is 82.2 Å². The van der Waals surface area contributed by atoms with Crippen molar-refractivity contribution in [1.82, 2.24) is 15.3 Å². The maximum atomic E-state index is 12.7. The highest BCUT2D eigenvalue weighted by Crippen LogP contribution is 2.50. The van der Waals surface area contributed by atoms with E-state index in [0.717, 1.165) is 29.8 Å². The summed E-state index contributed by atoms with van der Waals surface area (Å²) in [6, 6.07) is 14.1. The largest absolute Gasteiger partial charge is 0.370 e. The zero-order valence-corrected chi connectivity index (χ0v) is 23.8. The van der Waals surface area contributed by atoms with Gasteiger partial charge in [0.1, 0.15) is 12.2 Å². The van der Waals surface area contributed by atoms with Gasteiger partial charge in [0.15, 0.2) is 5.82 Å². The standard InChI is InChI=1S/C27H33Cl2N6OP/c1-30-19-15-27(16-19)10-12-35(13-11-27)23-9-8-18(14-20(23)28)32-26-31-17-21(29)25(34-26)33-22-6-4-5-7-24(22)37(2,3)36/h4-9,14,17,19,30H,10-13,15-16H2,1-3H3,(H2,31,32,33,34). The summed E-state index contributed by atoms with van der Waals surface area (Å²) in [6.07, 6.45) is 6.54. The van der Waals surface area contributed by atoms with Crippen LogP contribution in [0.3, 0.4) is 0 Å². The summed E-state index contributed by atoms with van der Waals surface area (Å²) in [5.41, 5.74) is 3.08. The lowest BCUT2D eigenvalue weighted by Crippen LogP contribution is -2.53. The third-order valence-electron chi connectivity index (χ3n) is 7.62. The number of rotatable bonds is 7. The van der Waals surface area contributed by atoms with E-state index in [1.807, 2.05) is 36.4 Å². The molecule has 3 N–H and O–H groups in total. The van der Waals surface area contributed by atoms with Gasteiger partial charge in [-0.3, -0.25) is 0 Å². The van der Waals surface area contributed by atoms with Crippen LogP contribution in [0.15, 0.2) is 48.7 Å². The molecule has 1 aliphatic heterocycles. The Hall–Kier alpha value is -2.31. The molecule has 5 rings (SSSR count). The lowest BCUT2D eigenvalue weighted by Gasteiger charge is -2.52. The van der Waals surface area contributed by atoms with Crippen LogP contribution < -0.4 is 26.2 Å². The Kier molecular flexibility index (Phi) is 7.43. The number of nitrogens with zero attached hydrogens (tertiary/aromatic N) is 3. The molecule has 2 aliphatic rings. The number of piperidine rings is 1. The van der Waals surface area contributed by atoms with Crippen molar-refractivity contribution < 1.29 is 4.57 Å². The van der Waals surface area contributed by atoms with Gasteiger partial charge in [-0.1, -0.05) is 35.3 Å². The minimum Gasteiger partial charge on any atom is -0.370 e. The minimum atomic E-state index is -2.49. The molecule has 1 aliphatic carbocycles. The van der Waals surface area contributed by atoms with Crippen LogP contribution in [0, 0.1) is 5.41 Å². The van der Waals surface area contributed by atoms with Crippen LogP contribution in [-0.4, -0.2) is 49.5 Å². The smallest absolute Gasteiger partial charge is 0.229 e. The van der Waals surface area contributed by atoms with E-state index in [2.05, 4.69) is 43.9 Å². The predicted molar refractivity (Wildman–Crippen MR) is 157 cm³/mol. The lowest BCUT2D eigenvalue weighted by atomic mass is 9.60. The van der Waals surface area contributed by atoms with E-state index in [0.29, 0.717) is 39.0 Å². The van der Waals surface area contributed by atoms with E-state index in [1.54, 1.807) is 13.3 Å². The number of halogens is 2. The molecule has 10 heteroatoms. The van der Waals surface area contributed by atoms with Crippen LogP contribution in [0.25, 0.3) is 0 Å². The molecule has 2 aromatic carbocycles. The molecule has 1 spiro atoms. The minimum absolute atomic E-state index is 0.367. The van der Waals surface area contributed by atoms with Crippen molar-refractivity contribution in [2.75, 3.05) is 49.0 Å². The average molecular weight is 559 g/mol. The van der Waals surface area contributed by atoms with Gasteiger partial charge in [-0.15, -0.1) is 0 Å². The fraction of sp³-hybridized carbons (Fsp3) is 0.407. The number of aromatic nitrogens is 2. The molecule has 1 aromatic heterocycles. The Morgan fingerprint density at radius 1 is 1.03 bits per heavy atom. The van der Waals surface area contributed by atoms with E-state index in [1.165, 1.54) is 31.9 Å². The Morgan fingerprint density at radius 2 is 1.76 bits per heavy atom. The first kappa shape index (κ1) is 26.3. The molecule has 0 bridgehead atoms. The van der Waals surface area contributed by atoms with Crippen molar-refractivity contribution in [3.8, 4) is 0 Å². The fourth-order valence-corrected chi connectivity index (χ4v) is 7.08. The van der Waals surface area contributed by atoms with Crippen molar-refractivity contribution >= 4 is 64.5 Å². The number of benzene rings is 2. The first-order valence-corrected chi connectivity index (χ1v) is 15.9. The third kappa shape index (κ3) is 5.75. The highest BCUT2D eigenvalue weighted by Gasteiger charge is 2.45. The molecule has 0 radical (unpaired) electrons. The molecule has 3 aromatic rings. The second-order valence-electron chi connectivity index (χ2n) is 10.6. The fourth-order valence-electron chi connectivity index (χ4n) is 5.48. The van der Waals surface area contributed by atoms with E-state index < -0.39 is 7.14 Å². The SMILES string of the molecule is CNC1CC2(CCN(c3ccc(Nc4ncc(Cl)c(Nc5ccccc5P(C)(C)=O)n4)cc3Cl)CC2)C1. The van der Waals surface area contributed by atoms with Crippen molar-refractivity contribution in [2.45, 2.75) is 31.7 Å². The number of hydrogen-bond acceptors (Lipinski definition) is 7. The molecule has 37 heavy (non-hydrogen) atoms. The Bertz CT molecular complexity index is 1330. The van der Waals surface area contributed by atoms with Gasteiger partial charge in [0.2, 0.25) is 5.95 Å². The Morgan fingerprint density at radius 3 is 2.43 bits per heavy atom. The number of hydrogen-bond donors (Lipinski definition) is 3. The highest BCUT2D eigenvalue weighted by molar-refractivity contribution is 7.70. The van der Waals surface area contributed by atoms with Gasteiger partial charge in [0.25, 0.3) is 0 Å². The van der Waals surface area contributed by atoms with E-state index in [9.17, 15) is 4.57 Å². The number of para-hydroxylation sites is 1. The van der Waals surface area contributed by atoms with Gasteiger partial charge in [-0.2, -0.15) is 4.98 Å². The van der Waals surface area contributed by atoms with E-state index in [-0.39, 0.29) is 0 Å². The first-order chi connectivity index (χ1) is 17.7. The van der Waals surface area contributed by atoms with Crippen LogP contribution >= 0.6 is 30.3 Å². The quantitative estimate of drug-likeness (QED) is 0.286. The average Bonchev–Trinajstić information content (AvgIpc) is 2.84. The predicted octanol–water partition coefficient (Wildman–Crippen LogP) is 6.49. The number of anilines is 5. The Balaban J connectivity index is 1.27. The summed E-state index contributed by atoms with van der Waals surface area (Å²) in [5.74, 6) is 0.815. The second kappa shape index (κ2) is 10.5. The van der Waals surface area contributed by atoms with Crippen LogP contribution in [0.4, 0.5) is 28.8 Å². The second-order valence-corrected chi connectivity index (χ2v) is 14.6. The summed E-state index contributed by atoms with van der Waals surface area (Å²) in [5, 5.41) is 11.7. The summed E-state index contributed by atoms with van der Waals surface area (Å²) >= 11 is 13.1. The molecular weight excluding hydrogens is 526 g/mol.